The van der Waals surface area contributed by atoms with Gasteiger partial charge in [-0.2, -0.15) is 0 Å². The highest BCUT2D eigenvalue weighted by molar-refractivity contribution is 5.99. The van der Waals surface area contributed by atoms with Crippen LogP contribution in [0.25, 0.3) is 0 Å². The second kappa shape index (κ2) is 6.19. The standard InChI is InChI=1S/C16H17NO3/c1-11-6-7-15(19-2)12(9-11)10-14(18)13-5-4-8-17-16(13)20-3/h4-9H,10H2,1-3H3. The van der Waals surface area contributed by atoms with Crippen molar-refractivity contribution >= 4 is 5.78 Å². The molecule has 1 aromatic heterocycles. The number of ketones is 1. The first-order valence-corrected chi connectivity index (χ1v) is 6.31. The van der Waals surface area contributed by atoms with Crippen LogP contribution in [-0.2, 0) is 6.42 Å². The fourth-order valence-electron chi connectivity index (χ4n) is 2.08. The van der Waals surface area contributed by atoms with Crippen LogP contribution in [-0.4, -0.2) is 25.0 Å². The van der Waals surface area contributed by atoms with Gasteiger partial charge >= 0.3 is 0 Å². The number of nitrogens with zero attached hydrogens (tertiary/aromatic N) is 1. The highest BCUT2D eigenvalue weighted by Gasteiger charge is 2.15. The Morgan fingerprint density at radius 2 is 2.00 bits per heavy atom. The van der Waals surface area contributed by atoms with Gasteiger partial charge in [-0.05, 0) is 25.1 Å². The fourth-order valence-corrected chi connectivity index (χ4v) is 2.08. The lowest BCUT2D eigenvalue weighted by Gasteiger charge is -2.10. The molecule has 0 aliphatic heterocycles. The lowest BCUT2D eigenvalue weighted by atomic mass is 10.0. The molecule has 1 heterocycles. The molecule has 20 heavy (non-hydrogen) atoms. The maximum absolute atomic E-state index is 12.4. The zero-order chi connectivity index (χ0) is 14.5. The van der Waals surface area contributed by atoms with Gasteiger partial charge in [0.05, 0.1) is 19.8 Å². The number of pyridine rings is 1. The smallest absolute Gasteiger partial charge is 0.224 e. The number of methoxy groups -OCH3 is 2. The molecule has 0 spiro atoms. The van der Waals surface area contributed by atoms with E-state index in [2.05, 4.69) is 4.98 Å². The van der Waals surface area contributed by atoms with E-state index < -0.39 is 0 Å². The summed E-state index contributed by atoms with van der Waals surface area (Å²) in [6, 6.07) is 9.23. The number of Topliss-reactive ketones (excluding diaryl/α,β-unsaturated/α-hetero) is 1. The van der Waals surface area contributed by atoms with Crippen LogP contribution in [0.2, 0.25) is 0 Å². The van der Waals surface area contributed by atoms with E-state index >= 15 is 0 Å². The summed E-state index contributed by atoms with van der Waals surface area (Å²) in [7, 11) is 3.11. The van der Waals surface area contributed by atoms with E-state index in [-0.39, 0.29) is 12.2 Å². The van der Waals surface area contributed by atoms with Crippen molar-refractivity contribution in [2.45, 2.75) is 13.3 Å². The largest absolute Gasteiger partial charge is 0.496 e. The molecule has 0 N–H and O–H groups in total. The van der Waals surface area contributed by atoms with Gasteiger partial charge in [0, 0.05) is 18.2 Å². The molecule has 0 aliphatic carbocycles. The lowest BCUT2D eigenvalue weighted by Crippen LogP contribution is -2.08. The highest BCUT2D eigenvalue weighted by atomic mass is 16.5. The molecular weight excluding hydrogens is 254 g/mol. The molecule has 0 saturated heterocycles. The second-order valence-corrected chi connectivity index (χ2v) is 4.48. The van der Waals surface area contributed by atoms with E-state index in [0.29, 0.717) is 17.2 Å². The quantitative estimate of drug-likeness (QED) is 0.785. The third-order valence-corrected chi connectivity index (χ3v) is 3.05. The highest BCUT2D eigenvalue weighted by Crippen LogP contribution is 2.23. The van der Waals surface area contributed by atoms with Crippen molar-refractivity contribution in [3.05, 3.63) is 53.2 Å². The summed E-state index contributed by atoms with van der Waals surface area (Å²) in [5.41, 5.74) is 2.44. The first kappa shape index (κ1) is 14.1. The summed E-state index contributed by atoms with van der Waals surface area (Å²) in [6.45, 7) is 1.98. The van der Waals surface area contributed by atoms with Crippen LogP contribution < -0.4 is 9.47 Å². The van der Waals surface area contributed by atoms with Gasteiger partial charge in [-0.1, -0.05) is 17.7 Å². The average molecular weight is 271 g/mol. The maximum atomic E-state index is 12.4. The van der Waals surface area contributed by atoms with Crippen LogP contribution in [0.15, 0.2) is 36.5 Å². The Morgan fingerprint density at radius 1 is 1.20 bits per heavy atom. The number of carbonyl (C=O) groups is 1. The molecule has 2 rings (SSSR count). The number of hydrogen-bond acceptors (Lipinski definition) is 4. The van der Waals surface area contributed by atoms with Crippen LogP contribution in [0, 0.1) is 6.92 Å². The van der Waals surface area contributed by atoms with Gasteiger partial charge in [0.25, 0.3) is 0 Å². The minimum atomic E-state index is -0.0427. The van der Waals surface area contributed by atoms with Crippen molar-refractivity contribution in [1.29, 1.82) is 0 Å². The Hall–Kier alpha value is -2.36. The van der Waals surface area contributed by atoms with Crippen LogP contribution in [0.4, 0.5) is 0 Å². The van der Waals surface area contributed by atoms with E-state index in [0.717, 1.165) is 11.1 Å². The Bertz CT molecular complexity index is 623. The summed E-state index contributed by atoms with van der Waals surface area (Å²) in [5.74, 6) is 1.02. The monoisotopic (exact) mass is 271 g/mol. The summed E-state index contributed by atoms with van der Waals surface area (Å²) < 4.78 is 10.4. The predicted molar refractivity (Wildman–Crippen MR) is 76.6 cm³/mol. The van der Waals surface area contributed by atoms with Crippen molar-refractivity contribution in [1.82, 2.24) is 4.98 Å². The van der Waals surface area contributed by atoms with Gasteiger partial charge in [0.15, 0.2) is 5.78 Å². The SMILES string of the molecule is COc1ccc(C)cc1CC(=O)c1cccnc1OC. The number of carbonyl (C=O) groups excluding carboxylic acids is 1. The third kappa shape index (κ3) is 2.96. The molecule has 4 nitrogen and oxygen atoms in total. The summed E-state index contributed by atoms with van der Waals surface area (Å²) in [4.78, 5) is 16.4. The predicted octanol–water partition coefficient (Wildman–Crippen LogP) is 2.83. The van der Waals surface area contributed by atoms with Crippen molar-refractivity contribution in [3.63, 3.8) is 0 Å². The van der Waals surface area contributed by atoms with E-state index in [9.17, 15) is 4.79 Å². The molecule has 0 bridgehead atoms. The molecule has 0 atom stereocenters. The van der Waals surface area contributed by atoms with Gasteiger partial charge in [0.1, 0.15) is 5.75 Å². The molecular formula is C16H17NO3. The minimum absolute atomic E-state index is 0.0427. The summed E-state index contributed by atoms with van der Waals surface area (Å²) >= 11 is 0. The number of ether oxygens (including phenoxy) is 2. The van der Waals surface area contributed by atoms with E-state index in [1.807, 2.05) is 25.1 Å². The Labute approximate surface area is 118 Å². The van der Waals surface area contributed by atoms with E-state index in [1.165, 1.54) is 7.11 Å². The van der Waals surface area contributed by atoms with Crippen LogP contribution >= 0.6 is 0 Å². The molecule has 104 valence electrons. The molecule has 0 unspecified atom stereocenters. The van der Waals surface area contributed by atoms with Gasteiger partial charge in [-0.15, -0.1) is 0 Å². The molecule has 1 aromatic carbocycles. The van der Waals surface area contributed by atoms with Gasteiger partial charge in [0.2, 0.25) is 5.88 Å². The number of rotatable bonds is 5. The minimum Gasteiger partial charge on any atom is -0.496 e. The lowest BCUT2D eigenvalue weighted by molar-refractivity contribution is 0.0988. The molecule has 0 saturated carbocycles. The van der Waals surface area contributed by atoms with Crippen LogP contribution in [0.3, 0.4) is 0 Å². The molecule has 0 aliphatic rings. The summed E-state index contributed by atoms with van der Waals surface area (Å²) in [5, 5.41) is 0. The topological polar surface area (TPSA) is 48.4 Å². The third-order valence-electron chi connectivity index (χ3n) is 3.05. The normalized spacial score (nSPS) is 10.2. The van der Waals surface area contributed by atoms with E-state index in [4.69, 9.17) is 9.47 Å². The Morgan fingerprint density at radius 3 is 2.70 bits per heavy atom. The zero-order valence-corrected chi connectivity index (χ0v) is 11.8. The molecule has 0 radical (unpaired) electrons. The van der Waals surface area contributed by atoms with Crippen molar-refractivity contribution in [2.75, 3.05) is 14.2 Å². The van der Waals surface area contributed by atoms with Crippen molar-refractivity contribution < 1.29 is 14.3 Å². The van der Waals surface area contributed by atoms with Gasteiger partial charge in [-0.3, -0.25) is 4.79 Å². The first-order valence-electron chi connectivity index (χ1n) is 6.31. The second-order valence-electron chi connectivity index (χ2n) is 4.48. The number of hydrogen-bond donors (Lipinski definition) is 0. The summed E-state index contributed by atoms with van der Waals surface area (Å²) in [6.07, 6.45) is 1.86. The van der Waals surface area contributed by atoms with Gasteiger partial charge < -0.3 is 9.47 Å². The van der Waals surface area contributed by atoms with Gasteiger partial charge in [-0.25, -0.2) is 4.98 Å². The maximum Gasteiger partial charge on any atom is 0.224 e. The number of benzene rings is 1. The molecule has 4 heteroatoms. The first-order chi connectivity index (χ1) is 9.65. The zero-order valence-electron chi connectivity index (χ0n) is 11.8. The Balaban J connectivity index is 2.30. The van der Waals surface area contributed by atoms with Crippen molar-refractivity contribution in [2.24, 2.45) is 0 Å². The van der Waals surface area contributed by atoms with Crippen molar-refractivity contribution in [3.8, 4) is 11.6 Å². The molecule has 0 fully saturated rings. The Kier molecular flexibility index (Phi) is 4.35. The number of aryl methyl sites for hydroxylation is 1. The van der Waals surface area contributed by atoms with E-state index in [1.54, 1.807) is 25.4 Å². The van der Waals surface area contributed by atoms with Crippen LogP contribution in [0.1, 0.15) is 21.5 Å². The van der Waals surface area contributed by atoms with Crippen LogP contribution in [0.5, 0.6) is 11.6 Å². The average Bonchev–Trinajstić information content (AvgIpc) is 2.47. The fraction of sp³-hybridized carbons (Fsp3) is 0.250. The molecule has 2 aromatic rings. The number of aromatic nitrogens is 1. The molecule has 0 amide bonds.